The van der Waals surface area contributed by atoms with E-state index >= 15 is 0 Å². The van der Waals surface area contributed by atoms with E-state index in [4.69, 9.17) is 0 Å². The first-order valence-electron chi connectivity index (χ1n) is 6.20. The van der Waals surface area contributed by atoms with Crippen LogP contribution in [0.4, 0.5) is 5.82 Å². The maximum absolute atomic E-state index is 4.54. The SMILES string of the molecule is Cc1nc(C(C)C)nc(NCCc2cn[nH]n2)c1Br. The number of rotatable bonds is 5. The second-order valence-electron chi connectivity index (χ2n) is 4.62. The fourth-order valence-electron chi connectivity index (χ4n) is 1.61. The highest BCUT2D eigenvalue weighted by molar-refractivity contribution is 9.10. The van der Waals surface area contributed by atoms with Gasteiger partial charge in [0.25, 0.3) is 0 Å². The van der Waals surface area contributed by atoms with Crippen molar-refractivity contribution in [3.63, 3.8) is 0 Å². The average molecular weight is 325 g/mol. The first-order valence-corrected chi connectivity index (χ1v) is 6.99. The van der Waals surface area contributed by atoms with Crippen LogP contribution in [-0.2, 0) is 6.42 Å². The van der Waals surface area contributed by atoms with Crippen molar-refractivity contribution in [2.45, 2.75) is 33.1 Å². The van der Waals surface area contributed by atoms with Crippen molar-refractivity contribution in [3.8, 4) is 0 Å². The van der Waals surface area contributed by atoms with E-state index in [1.54, 1.807) is 6.20 Å². The molecule has 0 aliphatic rings. The number of anilines is 1. The van der Waals surface area contributed by atoms with Crippen LogP contribution in [0.15, 0.2) is 10.7 Å². The summed E-state index contributed by atoms with van der Waals surface area (Å²) < 4.78 is 0.914. The molecule has 0 aliphatic heterocycles. The van der Waals surface area contributed by atoms with Gasteiger partial charge in [-0.25, -0.2) is 9.97 Å². The van der Waals surface area contributed by atoms with Crippen LogP contribution in [0.2, 0.25) is 0 Å². The second-order valence-corrected chi connectivity index (χ2v) is 5.42. The molecular formula is C12H17BrN6. The smallest absolute Gasteiger partial charge is 0.144 e. The highest BCUT2D eigenvalue weighted by atomic mass is 79.9. The van der Waals surface area contributed by atoms with Gasteiger partial charge in [-0.1, -0.05) is 13.8 Å². The number of aromatic amines is 1. The minimum atomic E-state index is 0.308. The molecule has 19 heavy (non-hydrogen) atoms. The fourth-order valence-corrected chi connectivity index (χ4v) is 1.93. The molecule has 2 aromatic heterocycles. The maximum Gasteiger partial charge on any atom is 0.144 e. The van der Waals surface area contributed by atoms with Crippen LogP contribution < -0.4 is 5.32 Å². The average Bonchev–Trinajstić information content (AvgIpc) is 2.87. The molecule has 0 unspecified atom stereocenters. The summed E-state index contributed by atoms with van der Waals surface area (Å²) in [6, 6.07) is 0. The molecule has 0 aliphatic carbocycles. The lowest BCUT2D eigenvalue weighted by atomic mass is 10.2. The van der Waals surface area contributed by atoms with Crippen LogP contribution in [0.3, 0.4) is 0 Å². The molecular weight excluding hydrogens is 308 g/mol. The number of nitrogens with one attached hydrogen (secondary N) is 2. The van der Waals surface area contributed by atoms with Gasteiger partial charge >= 0.3 is 0 Å². The molecule has 0 amide bonds. The molecule has 2 rings (SSSR count). The second kappa shape index (κ2) is 6.10. The Morgan fingerprint density at radius 2 is 2.16 bits per heavy atom. The van der Waals surface area contributed by atoms with Crippen molar-refractivity contribution < 1.29 is 0 Å². The summed E-state index contributed by atoms with van der Waals surface area (Å²) in [7, 11) is 0. The van der Waals surface area contributed by atoms with Gasteiger partial charge in [-0.2, -0.15) is 15.4 Å². The number of H-pyrrole nitrogens is 1. The van der Waals surface area contributed by atoms with Crippen molar-refractivity contribution >= 4 is 21.7 Å². The number of aromatic nitrogens is 5. The molecule has 0 aromatic carbocycles. The molecule has 2 heterocycles. The molecule has 6 nitrogen and oxygen atoms in total. The van der Waals surface area contributed by atoms with E-state index in [2.05, 4.69) is 60.5 Å². The van der Waals surface area contributed by atoms with Crippen LogP contribution in [0.5, 0.6) is 0 Å². The molecule has 0 bridgehead atoms. The van der Waals surface area contributed by atoms with E-state index in [1.165, 1.54) is 0 Å². The van der Waals surface area contributed by atoms with Crippen molar-refractivity contribution in [2.24, 2.45) is 0 Å². The van der Waals surface area contributed by atoms with Gasteiger partial charge in [0.05, 0.1) is 22.1 Å². The van der Waals surface area contributed by atoms with E-state index in [0.29, 0.717) is 5.92 Å². The first kappa shape index (κ1) is 13.9. The summed E-state index contributed by atoms with van der Waals surface area (Å²) in [5.41, 5.74) is 1.88. The van der Waals surface area contributed by atoms with Gasteiger partial charge in [-0.05, 0) is 22.9 Å². The summed E-state index contributed by atoms with van der Waals surface area (Å²) in [5, 5.41) is 13.7. The van der Waals surface area contributed by atoms with Gasteiger partial charge in [-0.15, -0.1) is 0 Å². The molecule has 0 spiro atoms. The van der Waals surface area contributed by atoms with Gasteiger partial charge in [0, 0.05) is 18.9 Å². The van der Waals surface area contributed by atoms with E-state index in [-0.39, 0.29) is 0 Å². The lowest BCUT2D eigenvalue weighted by molar-refractivity contribution is 0.763. The lowest BCUT2D eigenvalue weighted by Gasteiger charge is -2.12. The van der Waals surface area contributed by atoms with Gasteiger partial charge in [-0.3, -0.25) is 0 Å². The predicted octanol–water partition coefficient (Wildman–Crippen LogP) is 2.44. The zero-order valence-corrected chi connectivity index (χ0v) is 12.8. The van der Waals surface area contributed by atoms with E-state index < -0.39 is 0 Å². The Morgan fingerprint density at radius 1 is 1.37 bits per heavy atom. The Bertz CT molecular complexity index is 537. The van der Waals surface area contributed by atoms with Crippen molar-refractivity contribution in [2.75, 3.05) is 11.9 Å². The Labute approximate surface area is 120 Å². The molecule has 2 aromatic rings. The third-order valence-electron chi connectivity index (χ3n) is 2.69. The maximum atomic E-state index is 4.54. The van der Waals surface area contributed by atoms with Crippen molar-refractivity contribution in [3.05, 3.63) is 27.9 Å². The lowest BCUT2D eigenvalue weighted by Crippen LogP contribution is -2.11. The van der Waals surface area contributed by atoms with Crippen LogP contribution in [-0.4, -0.2) is 31.9 Å². The normalized spacial score (nSPS) is 11.0. The summed E-state index contributed by atoms with van der Waals surface area (Å²) in [6.07, 6.45) is 2.52. The summed E-state index contributed by atoms with van der Waals surface area (Å²) in [4.78, 5) is 9.00. The minimum Gasteiger partial charge on any atom is -0.369 e. The van der Waals surface area contributed by atoms with E-state index in [1.807, 2.05) is 6.92 Å². The van der Waals surface area contributed by atoms with Crippen molar-refractivity contribution in [1.82, 2.24) is 25.4 Å². The van der Waals surface area contributed by atoms with E-state index in [0.717, 1.165) is 40.5 Å². The first-order chi connectivity index (χ1) is 9.08. The largest absolute Gasteiger partial charge is 0.369 e. The highest BCUT2D eigenvalue weighted by Gasteiger charge is 2.11. The molecule has 0 saturated carbocycles. The number of hydrogen-bond acceptors (Lipinski definition) is 5. The highest BCUT2D eigenvalue weighted by Crippen LogP contribution is 2.25. The fraction of sp³-hybridized carbons (Fsp3) is 0.500. The summed E-state index contributed by atoms with van der Waals surface area (Å²) >= 11 is 3.52. The molecule has 0 saturated heterocycles. The predicted molar refractivity (Wildman–Crippen MR) is 77.1 cm³/mol. The molecule has 0 radical (unpaired) electrons. The Hall–Kier alpha value is -1.50. The summed E-state index contributed by atoms with van der Waals surface area (Å²) in [5.74, 6) is 1.99. The molecule has 102 valence electrons. The number of hydrogen-bond donors (Lipinski definition) is 2. The third-order valence-corrected chi connectivity index (χ3v) is 3.64. The van der Waals surface area contributed by atoms with Crippen LogP contribution >= 0.6 is 15.9 Å². The van der Waals surface area contributed by atoms with Gasteiger partial charge in [0.15, 0.2) is 0 Å². The zero-order chi connectivity index (χ0) is 13.8. The molecule has 7 heteroatoms. The standard InChI is InChI=1S/C12H17BrN6/c1-7(2)11-16-8(3)10(13)12(17-11)14-5-4-9-6-15-19-18-9/h6-7H,4-5H2,1-3H3,(H,14,16,17)(H,15,18,19). The topological polar surface area (TPSA) is 79.4 Å². The number of nitrogens with zero attached hydrogens (tertiary/aromatic N) is 4. The quantitative estimate of drug-likeness (QED) is 0.883. The monoisotopic (exact) mass is 324 g/mol. The molecule has 0 atom stereocenters. The van der Waals surface area contributed by atoms with Crippen molar-refractivity contribution in [1.29, 1.82) is 0 Å². The molecule has 0 fully saturated rings. The van der Waals surface area contributed by atoms with E-state index in [9.17, 15) is 0 Å². The van der Waals surface area contributed by atoms with Gasteiger partial charge in [0.2, 0.25) is 0 Å². The Balaban J connectivity index is 2.06. The zero-order valence-electron chi connectivity index (χ0n) is 11.2. The van der Waals surface area contributed by atoms with Crippen LogP contribution in [0.25, 0.3) is 0 Å². The van der Waals surface area contributed by atoms with Gasteiger partial charge in [0.1, 0.15) is 11.6 Å². The number of halogens is 1. The van der Waals surface area contributed by atoms with Gasteiger partial charge < -0.3 is 5.32 Å². The number of aryl methyl sites for hydroxylation is 1. The third kappa shape index (κ3) is 3.50. The Kier molecular flexibility index (Phi) is 4.47. The minimum absolute atomic E-state index is 0.308. The summed E-state index contributed by atoms with van der Waals surface area (Å²) in [6.45, 7) is 6.89. The Morgan fingerprint density at radius 3 is 2.79 bits per heavy atom. The van der Waals surface area contributed by atoms with Crippen LogP contribution in [0, 0.1) is 6.92 Å². The molecule has 2 N–H and O–H groups in total. The van der Waals surface area contributed by atoms with Crippen LogP contribution in [0.1, 0.15) is 37.0 Å².